The highest BCUT2D eigenvalue weighted by molar-refractivity contribution is 6.06. The molecule has 0 amide bonds. The minimum Gasteiger partial charge on any atom is -0.228 e. The fourth-order valence-electron chi connectivity index (χ4n) is 9.25. The van der Waals surface area contributed by atoms with Gasteiger partial charge in [-0.2, -0.15) is 0 Å². The van der Waals surface area contributed by atoms with Gasteiger partial charge in [0, 0.05) is 22.1 Å². The van der Waals surface area contributed by atoms with Crippen LogP contribution in [0.15, 0.2) is 182 Å². The molecule has 11 rings (SSSR count). The highest BCUT2D eigenvalue weighted by atomic mass is 14.9. The largest absolute Gasteiger partial charge is 0.228 e. The van der Waals surface area contributed by atoms with Crippen LogP contribution in [-0.4, -0.2) is 9.97 Å². The number of hydrogen-bond acceptors (Lipinski definition) is 2. The minimum absolute atomic E-state index is 0.131. The van der Waals surface area contributed by atoms with E-state index in [9.17, 15) is 0 Å². The lowest BCUT2D eigenvalue weighted by Gasteiger charge is -2.24. The summed E-state index contributed by atoms with van der Waals surface area (Å²) in [6.07, 6.45) is 0. The van der Waals surface area contributed by atoms with Crippen LogP contribution in [0.25, 0.3) is 99.2 Å². The summed E-state index contributed by atoms with van der Waals surface area (Å²) in [5.41, 5.74) is 12.8. The van der Waals surface area contributed by atoms with Gasteiger partial charge in [0.25, 0.3) is 0 Å². The van der Waals surface area contributed by atoms with Crippen LogP contribution in [-0.2, 0) is 5.41 Å². The van der Waals surface area contributed by atoms with Gasteiger partial charge in [0.05, 0.1) is 11.4 Å². The standard InChI is InChI=1S/C53H36N2/c1-53(2)48-31-36(26-27-43(48)46-28-25-35-15-5-8-20-40(35)51(46)53)39-29-30-45(42-22-10-9-21-41(39)42)50-32-49(44-23-11-16-33-13-3-6-18-37(33)44)54-52(55-50)47-24-12-17-34-14-4-7-19-38(34)47/h3-32H,1-2H3. The maximum absolute atomic E-state index is 5.39. The maximum atomic E-state index is 5.39. The van der Waals surface area contributed by atoms with Crippen molar-refractivity contribution in [1.82, 2.24) is 9.97 Å². The molecular weight excluding hydrogens is 665 g/mol. The van der Waals surface area contributed by atoms with Gasteiger partial charge in [-0.1, -0.05) is 184 Å². The molecule has 1 aromatic heterocycles. The summed E-state index contributed by atoms with van der Waals surface area (Å²) in [4.78, 5) is 10.7. The number of aromatic nitrogens is 2. The molecule has 1 heterocycles. The molecule has 0 bridgehead atoms. The van der Waals surface area contributed by atoms with Gasteiger partial charge >= 0.3 is 0 Å². The molecule has 0 radical (unpaired) electrons. The van der Waals surface area contributed by atoms with Crippen molar-refractivity contribution in [1.29, 1.82) is 0 Å². The van der Waals surface area contributed by atoms with E-state index in [1.165, 1.54) is 71.1 Å². The van der Waals surface area contributed by atoms with E-state index in [1.807, 2.05) is 0 Å². The van der Waals surface area contributed by atoms with Gasteiger partial charge in [0.15, 0.2) is 5.82 Å². The van der Waals surface area contributed by atoms with Crippen LogP contribution in [0, 0.1) is 0 Å². The zero-order valence-corrected chi connectivity index (χ0v) is 30.7. The molecule has 10 aromatic rings. The van der Waals surface area contributed by atoms with Crippen LogP contribution in [0.4, 0.5) is 0 Å². The Kier molecular flexibility index (Phi) is 6.93. The summed E-state index contributed by atoms with van der Waals surface area (Å²) in [5.74, 6) is 0.721. The van der Waals surface area contributed by atoms with E-state index in [2.05, 4.69) is 196 Å². The molecule has 9 aromatic carbocycles. The minimum atomic E-state index is -0.131. The van der Waals surface area contributed by atoms with Crippen molar-refractivity contribution in [2.45, 2.75) is 19.3 Å². The molecule has 2 heteroatoms. The lowest BCUT2D eigenvalue weighted by molar-refractivity contribution is 0.666. The van der Waals surface area contributed by atoms with Crippen molar-refractivity contribution in [2.75, 3.05) is 0 Å². The first-order valence-electron chi connectivity index (χ1n) is 19.1. The van der Waals surface area contributed by atoms with Crippen LogP contribution in [0.3, 0.4) is 0 Å². The van der Waals surface area contributed by atoms with E-state index in [0.717, 1.165) is 39.3 Å². The third-order valence-corrected chi connectivity index (χ3v) is 11.9. The number of hydrogen-bond donors (Lipinski definition) is 0. The smallest absolute Gasteiger partial charge is 0.161 e. The second-order valence-electron chi connectivity index (χ2n) is 15.3. The van der Waals surface area contributed by atoms with Gasteiger partial charge in [0.1, 0.15) is 0 Å². The summed E-state index contributed by atoms with van der Waals surface area (Å²) in [7, 11) is 0. The number of fused-ring (bicyclic) bond motifs is 8. The van der Waals surface area contributed by atoms with E-state index >= 15 is 0 Å². The van der Waals surface area contributed by atoms with Crippen LogP contribution in [0.1, 0.15) is 25.0 Å². The van der Waals surface area contributed by atoms with Gasteiger partial charge in [-0.05, 0) is 88.6 Å². The van der Waals surface area contributed by atoms with Crippen LogP contribution >= 0.6 is 0 Å². The van der Waals surface area contributed by atoms with Crippen LogP contribution in [0.5, 0.6) is 0 Å². The summed E-state index contributed by atoms with van der Waals surface area (Å²) >= 11 is 0. The molecule has 1 aliphatic rings. The summed E-state index contributed by atoms with van der Waals surface area (Å²) < 4.78 is 0. The monoisotopic (exact) mass is 700 g/mol. The van der Waals surface area contributed by atoms with Crippen LogP contribution < -0.4 is 0 Å². The Morgan fingerprint density at radius 2 is 0.818 bits per heavy atom. The highest BCUT2D eigenvalue weighted by Gasteiger charge is 2.37. The van der Waals surface area contributed by atoms with E-state index < -0.39 is 0 Å². The average molecular weight is 701 g/mol. The molecule has 0 spiro atoms. The zero-order valence-electron chi connectivity index (χ0n) is 30.7. The zero-order chi connectivity index (χ0) is 36.7. The topological polar surface area (TPSA) is 25.8 Å². The average Bonchev–Trinajstić information content (AvgIpc) is 3.48. The molecule has 0 saturated carbocycles. The van der Waals surface area contributed by atoms with Crippen molar-refractivity contribution >= 4 is 43.1 Å². The molecular formula is C53H36N2. The second kappa shape index (κ2) is 12.1. The number of benzene rings is 9. The maximum Gasteiger partial charge on any atom is 0.161 e. The summed E-state index contributed by atoms with van der Waals surface area (Å²) in [6, 6.07) is 65.9. The molecule has 258 valence electrons. The van der Waals surface area contributed by atoms with Crippen molar-refractivity contribution < 1.29 is 0 Å². The molecule has 0 saturated heterocycles. The Balaban J connectivity index is 1.10. The van der Waals surface area contributed by atoms with Crippen molar-refractivity contribution in [3.8, 4) is 56.2 Å². The van der Waals surface area contributed by atoms with Crippen molar-refractivity contribution in [2.24, 2.45) is 0 Å². The third-order valence-electron chi connectivity index (χ3n) is 11.9. The fraction of sp³-hybridized carbons (Fsp3) is 0.0566. The van der Waals surface area contributed by atoms with Crippen LogP contribution in [0.2, 0.25) is 0 Å². The quantitative estimate of drug-likeness (QED) is 0.183. The Hall–Kier alpha value is -6.90. The number of rotatable bonds is 4. The Labute approximate surface area is 320 Å². The first-order chi connectivity index (χ1) is 27.0. The predicted molar refractivity (Wildman–Crippen MR) is 231 cm³/mol. The van der Waals surface area contributed by atoms with E-state index in [-0.39, 0.29) is 5.41 Å². The first-order valence-corrected chi connectivity index (χ1v) is 19.1. The van der Waals surface area contributed by atoms with Gasteiger partial charge in [0.2, 0.25) is 0 Å². The van der Waals surface area contributed by atoms with Gasteiger partial charge < -0.3 is 0 Å². The Morgan fingerprint density at radius 3 is 1.51 bits per heavy atom. The summed E-state index contributed by atoms with van der Waals surface area (Å²) in [5, 5.41) is 9.68. The van der Waals surface area contributed by atoms with Crippen molar-refractivity contribution in [3.63, 3.8) is 0 Å². The fourth-order valence-corrected chi connectivity index (χ4v) is 9.25. The SMILES string of the molecule is CC1(C)c2cc(-c3ccc(-c4cc(-c5cccc6ccccc56)nc(-c5cccc6ccccc56)n4)c4ccccc34)ccc2-c2ccc3ccccc3c21. The number of nitrogens with zero attached hydrogens (tertiary/aromatic N) is 2. The van der Waals surface area contributed by atoms with E-state index in [1.54, 1.807) is 0 Å². The summed E-state index contributed by atoms with van der Waals surface area (Å²) in [6.45, 7) is 4.76. The van der Waals surface area contributed by atoms with E-state index in [0.29, 0.717) is 0 Å². The lowest BCUT2D eigenvalue weighted by Crippen LogP contribution is -2.15. The van der Waals surface area contributed by atoms with Gasteiger partial charge in [-0.3, -0.25) is 0 Å². The molecule has 0 N–H and O–H groups in total. The van der Waals surface area contributed by atoms with Gasteiger partial charge in [-0.25, -0.2) is 9.97 Å². The van der Waals surface area contributed by atoms with Gasteiger partial charge in [-0.15, -0.1) is 0 Å². The predicted octanol–water partition coefficient (Wildman–Crippen LogP) is 14.1. The third kappa shape index (κ3) is 4.88. The molecule has 55 heavy (non-hydrogen) atoms. The Bertz CT molecular complexity index is 3080. The molecule has 1 aliphatic carbocycles. The highest BCUT2D eigenvalue weighted by Crippen LogP contribution is 2.52. The van der Waals surface area contributed by atoms with E-state index in [4.69, 9.17) is 9.97 Å². The molecule has 0 fully saturated rings. The molecule has 0 unspecified atom stereocenters. The lowest BCUT2D eigenvalue weighted by atomic mass is 9.79. The Morgan fingerprint density at radius 1 is 0.345 bits per heavy atom. The second-order valence-corrected chi connectivity index (χ2v) is 15.3. The van der Waals surface area contributed by atoms with Crippen molar-refractivity contribution in [3.05, 3.63) is 193 Å². The normalized spacial score (nSPS) is 13.1. The molecule has 0 aliphatic heterocycles. The first kappa shape index (κ1) is 31.6. The molecule has 2 nitrogen and oxygen atoms in total. The molecule has 0 atom stereocenters.